The lowest BCUT2D eigenvalue weighted by molar-refractivity contribution is -0.141. The van der Waals surface area contributed by atoms with Gasteiger partial charge in [0, 0.05) is 6.54 Å². The Bertz CT molecular complexity index is 669. The van der Waals surface area contributed by atoms with Gasteiger partial charge in [-0.3, -0.25) is 14.5 Å². The average molecular weight is 385 g/mol. The standard InChI is InChI=1S/C18H24N2O5.ClH/c1-11(13-3-4-15-16(9-13)25-8-7-24-15)19-17(21)12(2)20-6-5-14(10-20)18(22)23;/h3-4,9,11-12,14H,5-8,10H2,1-2H3,(H,19,21)(H,22,23);1H. The second-order valence-corrected chi connectivity index (χ2v) is 6.63. The van der Waals surface area contributed by atoms with Crippen LogP contribution in [-0.2, 0) is 9.59 Å². The van der Waals surface area contributed by atoms with Crippen LogP contribution in [0.5, 0.6) is 11.5 Å². The molecule has 3 rings (SSSR count). The van der Waals surface area contributed by atoms with Crippen molar-refractivity contribution < 1.29 is 24.2 Å². The van der Waals surface area contributed by atoms with Crippen molar-refractivity contribution >= 4 is 24.3 Å². The molecule has 0 saturated carbocycles. The quantitative estimate of drug-likeness (QED) is 0.805. The Balaban J connectivity index is 0.00000243. The van der Waals surface area contributed by atoms with Crippen LogP contribution in [0.1, 0.15) is 31.9 Å². The van der Waals surface area contributed by atoms with Gasteiger partial charge in [-0.1, -0.05) is 6.07 Å². The average Bonchev–Trinajstić information content (AvgIpc) is 3.11. The fraction of sp³-hybridized carbons (Fsp3) is 0.556. The Labute approximate surface area is 159 Å². The molecule has 8 heteroatoms. The van der Waals surface area contributed by atoms with Gasteiger partial charge in [-0.05, 0) is 44.5 Å². The van der Waals surface area contributed by atoms with Crippen LogP contribution in [0.15, 0.2) is 18.2 Å². The van der Waals surface area contributed by atoms with E-state index >= 15 is 0 Å². The molecule has 1 aromatic carbocycles. The van der Waals surface area contributed by atoms with Crippen LogP contribution in [0.25, 0.3) is 0 Å². The van der Waals surface area contributed by atoms with Crippen LogP contribution in [-0.4, -0.2) is 54.2 Å². The number of fused-ring (bicyclic) bond motifs is 1. The molecule has 144 valence electrons. The van der Waals surface area contributed by atoms with E-state index in [1.54, 1.807) is 0 Å². The van der Waals surface area contributed by atoms with Crippen molar-refractivity contribution in [3.63, 3.8) is 0 Å². The van der Waals surface area contributed by atoms with Crippen molar-refractivity contribution in [2.24, 2.45) is 5.92 Å². The number of ether oxygens (including phenoxy) is 2. The molecule has 1 amide bonds. The minimum absolute atomic E-state index is 0. The molecule has 0 aromatic heterocycles. The number of halogens is 1. The minimum Gasteiger partial charge on any atom is -0.486 e. The van der Waals surface area contributed by atoms with Gasteiger partial charge in [0.25, 0.3) is 0 Å². The first kappa shape index (κ1) is 20.3. The number of benzene rings is 1. The van der Waals surface area contributed by atoms with Gasteiger partial charge in [-0.25, -0.2) is 0 Å². The summed E-state index contributed by atoms with van der Waals surface area (Å²) in [5, 5.41) is 12.1. The van der Waals surface area contributed by atoms with E-state index in [-0.39, 0.29) is 36.3 Å². The topological polar surface area (TPSA) is 88.1 Å². The lowest BCUT2D eigenvalue weighted by atomic mass is 10.1. The molecule has 3 unspecified atom stereocenters. The van der Waals surface area contributed by atoms with Crippen molar-refractivity contribution in [3.8, 4) is 11.5 Å². The number of carbonyl (C=O) groups excluding carboxylic acids is 1. The number of carbonyl (C=O) groups is 2. The fourth-order valence-corrected chi connectivity index (χ4v) is 3.25. The van der Waals surface area contributed by atoms with Crippen LogP contribution < -0.4 is 14.8 Å². The number of nitrogens with one attached hydrogen (secondary N) is 1. The predicted octanol–water partition coefficient (Wildman–Crippen LogP) is 1.85. The first-order valence-corrected chi connectivity index (χ1v) is 8.62. The summed E-state index contributed by atoms with van der Waals surface area (Å²) in [5.41, 5.74) is 0.939. The predicted molar refractivity (Wildman–Crippen MR) is 98.0 cm³/mol. The van der Waals surface area contributed by atoms with Gasteiger partial charge in [0.15, 0.2) is 11.5 Å². The Kier molecular flexibility index (Phi) is 6.72. The molecule has 1 aromatic rings. The molecule has 26 heavy (non-hydrogen) atoms. The number of hydrogen-bond acceptors (Lipinski definition) is 5. The van der Waals surface area contributed by atoms with E-state index in [4.69, 9.17) is 14.6 Å². The Hall–Kier alpha value is -1.99. The lowest BCUT2D eigenvalue weighted by Gasteiger charge is -2.26. The molecular formula is C18H25ClN2O5. The Morgan fingerprint density at radius 3 is 2.58 bits per heavy atom. The van der Waals surface area contributed by atoms with Gasteiger partial charge in [0.1, 0.15) is 13.2 Å². The van der Waals surface area contributed by atoms with Gasteiger partial charge < -0.3 is 19.9 Å². The molecule has 0 spiro atoms. The number of carboxylic acid groups (broad SMARTS) is 1. The third kappa shape index (κ3) is 4.40. The lowest BCUT2D eigenvalue weighted by Crippen LogP contribution is -2.45. The monoisotopic (exact) mass is 384 g/mol. The zero-order chi connectivity index (χ0) is 18.0. The van der Waals surface area contributed by atoms with Gasteiger partial charge in [0.2, 0.25) is 5.91 Å². The fourth-order valence-electron chi connectivity index (χ4n) is 3.25. The van der Waals surface area contributed by atoms with Crippen LogP contribution in [0.3, 0.4) is 0 Å². The maximum atomic E-state index is 12.5. The summed E-state index contributed by atoms with van der Waals surface area (Å²) in [7, 11) is 0. The van der Waals surface area contributed by atoms with Crippen LogP contribution in [0, 0.1) is 5.92 Å². The van der Waals surface area contributed by atoms with Gasteiger partial charge in [-0.15, -0.1) is 12.4 Å². The minimum atomic E-state index is -0.792. The summed E-state index contributed by atoms with van der Waals surface area (Å²) >= 11 is 0. The van der Waals surface area contributed by atoms with Crippen LogP contribution in [0.2, 0.25) is 0 Å². The maximum absolute atomic E-state index is 12.5. The Morgan fingerprint density at radius 2 is 1.92 bits per heavy atom. The zero-order valence-electron chi connectivity index (χ0n) is 14.9. The number of aliphatic carboxylic acids is 1. The molecule has 2 N–H and O–H groups in total. The summed E-state index contributed by atoms with van der Waals surface area (Å²) in [6, 6.07) is 5.13. The second kappa shape index (κ2) is 8.60. The smallest absolute Gasteiger partial charge is 0.307 e. The molecule has 1 fully saturated rings. The molecule has 2 aliphatic heterocycles. The van der Waals surface area contributed by atoms with Crippen molar-refractivity contribution in [2.45, 2.75) is 32.4 Å². The highest BCUT2D eigenvalue weighted by Gasteiger charge is 2.33. The highest BCUT2D eigenvalue weighted by atomic mass is 35.5. The Morgan fingerprint density at radius 1 is 1.23 bits per heavy atom. The maximum Gasteiger partial charge on any atom is 0.307 e. The highest BCUT2D eigenvalue weighted by Crippen LogP contribution is 2.32. The van der Waals surface area contributed by atoms with E-state index in [1.807, 2.05) is 36.9 Å². The van der Waals surface area contributed by atoms with E-state index in [9.17, 15) is 9.59 Å². The summed E-state index contributed by atoms with van der Waals surface area (Å²) in [6.07, 6.45) is 0.588. The molecule has 2 heterocycles. The van der Waals surface area contributed by atoms with Gasteiger partial charge >= 0.3 is 5.97 Å². The molecule has 2 aliphatic rings. The first-order chi connectivity index (χ1) is 12.0. The highest BCUT2D eigenvalue weighted by molar-refractivity contribution is 5.85. The van der Waals surface area contributed by atoms with E-state index in [1.165, 1.54) is 0 Å². The van der Waals surface area contributed by atoms with Crippen molar-refractivity contribution in [1.82, 2.24) is 10.2 Å². The van der Waals surface area contributed by atoms with Gasteiger partial charge in [-0.2, -0.15) is 0 Å². The summed E-state index contributed by atoms with van der Waals surface area (Å²) in [4.78, 5) is 25.5. The normalized spacial score (nSPS) is 21.4. The van der Waals surface area contributed by atoms with Gasteiger partial charge in [0.05, 0.1) is 18.0 Å². The van der Waals surface area contributed by atoms with Crippen LogP contribution in [0.4, 0.5) is 0 Å². The molecule has 1 saturated heterocycles. The SMILES string of the molecule is CC(NC(=O)C(C)N1CCC(C(=O)O)C1)c1ccc2c(c1)OCCO2.Cl. The molecule has 3 atom stereocenters. The molecule has 0 bridgehead atoms. The van der Waals surface area contributed by atoms with E-state index in [0.29, 0.717) is 38.5 Å². The number of nitrogens with zero attached hydrogens (tertiary/aromatic N) is 1. The van der Waals surface area contributed by atoms with Crippen molar-refractivity contribution in [1.29, 1.82) is 0 Å². The largest absolute Gasteiger partial charge is 0.486 e. The molecule has 0 aliphatic carbocycles. The third-order valence-corrected chi connectivity index (χ3v) is 4.92. The van der Waals surface area contributed by atoms with Crippen molar-refractivity contribution in [3.05, 3.63) is 23.8 Å². The molecule has 7 nitrogen and oxygen atoms in total. The summed E-state index contributed by atoms with van der Waals surface area (Å²) < 4.78 is 11.1. The van der Waals surface area contributed by atoms with Crippen molar-refractivity contribution in [2.75, 3.05) is 26.3 Å². The molecular weight excluding hydrogens is 360 g/mol. The van der Waals surface area contributed by atoms with E-state index in [0.717, 1.165) is 11.3 Å². The first-order valence-electron chi connectivity index (χ1n) is 8.62. The number of carboxylic acids is 1. The third-order valence-electron chi connectivity index (χ3n) is 4.92. The summed E-state index contributed by atoms with van der Waals surface area (Å²) in [6.45, 7) is 5.85. The second-order valence-electron chi connectivity index (χ2n) is 6.63. The zero-order valence-corrected chi connectivity index (χ0v) is 15.8. The summed E-state index contributed by atoms with van der Waals surface area (Å²) in [5.74, 6) is 0.138. The number of amides is 1. The van der Waals surface area contributed by atoms with Crippen LogP contribution >= 0.6 is 12.4 Å². The van der Waals surface area contributed by atoms with E-state index in [2.05, 4.69) is 5.32 Å². The number of hydrogen-bond donors (Lipinski definition) is 2. The van der Waals surface area contributed by atoms with E-state index < -0.39 is 5.97 Å². The number of likely N-dealkylation sites (tertiary alicyclic amines) is 1. The number of rotatable bonds is 5. The molecule has 0 radical (unpaired) electrons.